The summed E-state index contributed by atoms with van der Waals surface area (Å²) in [5.41, 5.74) is 3.19. The molecule has 2 aromatic carbocycles. The van der Waals surface area contributed by atoms with E-state index in [2.05, 4.69) is 56.4 Å². The second-order valence-corrected chi connectivity index (χ2v) is 6.49. The predicted octanol–water partition coefficient (Wildman–Crippen LogP) is 4.85. The summed E-state index contributed by atoms with van der Waals surface area (Å²) < 4.78 is 6.16. The minimum atomic E-state index is -0.0105. The Labute approximate surface area is 132 Å². The summed E-state index contributed by atoms with van der Waals surface area (Å²) in [6, 6.07) is 18.3. The molecule has 0 radical (unpaired) electrons. The number of allylic oxidation sites excluding steroid dienone is 1. The molecule has 0 unspecified atom stereocenters. The van der Waals surface area contributed by atoms with Crippen molar-refractivity contribution < 1.29 is 4.74 Å². The van der Waals surface area contributed by atoms with Crippen molar-refractivity contribution in [1.29, 1.82) is 0 Å². The summed E-state index contributed by atoms with van der Waals surface area (Å²) in [4.78, 5) is 0. The Bertz CT molecular complexity index is 721. The average Bonchev–Trinajstić information content (AvgIpc) is 2.65. The van der Waals surface area contributed by atoms with Crippen LogP contribution in [0.25, 0.3) is 11.8 Å². The van der Waals surface area contributed by atoms with E-state index in [1.807, 2.05) is 36.4 Å². The van der Waals surface area contributed by atoms with Gasteiger partial charge in [-0.15, -0.1) is 0 Å². The van der Waals surface area contributed by atoms with Crippen molar-refractivity contribution in [3.8, 4) is 5.75 Å². The van der Waals surface area contributed by atoms with E-state index >= 15 is 0 Å². The van der Waals surface area contributed by atoms with Gasteiger partial charge in [-0.1, -0.05) is 48.5 Å². The van der Waals surface area contributed by atoms with Gasteiger partial charge >= 0.3 is 0 Å². The van der Waals surface area contributed by atoms with E-state index in [9.17, 15) is 0 Å². The molecule has 112 valence electrons. The second kappa shape index (κ2) is 5.72. The van der Waals surface area contributed by atoms with Crippen molar-refractivity contribution in [2.45, 2.75) is 26.3 Å². The predicted molar refractivity (Wildman–Crippen MR) is 92.4 cm³/mol. The third kappa shape index (κ3) is 3.40. The number of fused-ring (bicyclic) bond motifs is 1. The number of benzene rings is 2. The van der Waals surface area contributed by atoms with Crippen LogP contribution < -0.4 is 10.1 Å². The molecule has 0 saturated heterocycles. The first-order valence-electron chi connectivity index (χ1n) is 7.55. The summed E-state index contributed by atoms with van der Waals surface area (Å²) in [7, 11) is 0. The van der Waals surface area contributed by atoms with Crippen LogP contribution in [-0.2, 0) is 0 Å². The monoisotopic (exact) mass is 291 g/mol. The summed E-state index contributed by atoms with van der Waals surface area (Å²) in [5.74, 6) is 1.73. The Balaban J connectivity index is 2.07. The van der Waals surface area contributed by atoms with Crippen LogP contribution >= 0.6 is 0 Å². The number of hydrogen-bond donors (Lipinski definition) is 1. The highest BCUT2D eigenvalue weighted by Gasteiger charge is 2.16. The van der Waals surface area contributed by atoms with Gasteiger partial charge in [0.05, 0.1) is 0 Å². The van der Waals surface area contributed by atoms with Gasteiger partial charge in [0.15, 0.2) is 0 Å². The maximum Gasteiger partial charge on any atom is 0.136 e. The van der Waals surface area contributed by atoms with Gasteiger partial charge in [0.1, 0.15) is 11.5 Å². The van der Waals surface area contributed by atoms with Gasteiger partial charge in [-0.3, -0.25) is 0 Å². The fourth-order valence-corrected chi connectivity index (χ4v) is 2.44. The largest absolute Gasteiger partial charge is 0.456 e. The maximum atomic E-state index is 6.16. The Morgan fingerprint density at radius 2 is 1.50 bits per heavy atom. The number of nitrogens with one attached hydrogen (secondary N) is 1. The lowest BCUT2D eigenvalue weighted by atomic mass is 10.1. The molecule has 0 fully saturated rings. The van der Waals surface area contributed by atoms with Crippen molar-refractivity contribution in [1.82, 2.24) is 5.32 Å². The lowest BCUT2D eigenvalue weighted by Gasteiger charge is -2.22. The molecule has 0 amide bonds. The maximum absolute atomic E-state index is 6.16. The van der Waals surface area contributed by atoms with Gasteiger partial charge in [-0.25, -0.2) is 0 Å². The van der Waals surface area contributed by atoms with Crippen molar-refractivity contribution >= 4 is 11.8 Å². The SMILES string of the molecule is CC(C)(C)NC1=Cc2ccccc2OC(c2ccccc2)=C1. The van der Waals surface area contributed by atoms with E-state index in [1.54, 1.807) is 0 Å². The third-order valence-corrected chi connectivity index (χ3v) is 3.31. The Morgan fingerprint density at radius 3 is 2.23 bits per heavy atom. The molecule has 22 heavy (non-hydrogen) atoms. The molecule has 0 saturated carbocycles. The highest BCUT2D eigenvalue weighted by molar-refractivity contribution is 5.73. The van der Waals surface area contributed by atoms with Crippen molar-refractivity contribution in [3.63, 3.8) is 0 Å². The standard InChI is InChI=1S/C20H21NO/c1-20(2,3)21-17-13-16-11-7-8-12-18(16)22-19(14-17)15-9-5-4-6-10-15/h4-14,21H,1-3H3. The molecule has 0 aromatic heterocycles. The molecule has 3 rings (SSSR count). The van der Waals surface area contributed by atoms with Crippen LogP contribution in [0.2, 0.25) is 0 Å². The van der Waals surface area contributed by atoms with Crippen LogP contribution in [0.4, 0.5) is 0 Å². The summed E-state index contributed by atoms with van der Waals surface area (Å²) in [6.45, 7) is 6.46. The summed E-state index contributed by atoms with van der Waals surface area (Å²) in [6.07, 6.45) is 4.21. The van der Waals surface area contributed by atoms with E-state index in [-0.39, 0.29) is 5.54 Å². The van der Waals surface area contributed by atoms with Gasteiger partial charge < -0.3 is 10.1 Å². The first-order chi connectivity index (χ1) is 10.5. The zero-order valence-electron chi connectivity index (χ0n) is 13.3. The molecule has 2 nitrogen and oxygen atoms in total. The van der Waals surface area contributed by atoms with Gasteiger partial charge in [-0.2, -0.15) is 0 Å². The third-order valence-electron chi connectivity index (χ3n) is 3.31. The molecule has 1 aliphatic heterocycles. The molecule has 2 heteroatoms. The highest BCUT2D eigenvalue weighted by atomic mass is 16.5. The summed E-state index contributed by atoms with van der Waals surface area (Å²) in [5, 5.41) is 3.54. The quantitative estimate of drug-likeness (QED) is 0.854. The second-order valence-electron chi connectivity index (χ2n) is 6.49. The number of hydrogen-bond acceptors (Lipinski definition) is 2. The molecule has 1 aliphatic rings. The minimum Gasteiger partial charge on any atom is -0.456 e. The van der Waals surface area contributed by atoms with Gasteiger partial charge in [-0.05, 0) is 32.9 Å². The smallest absolute Gasteiger partial charge is 0.136 e. The molecule has 0 spiro atoms. The molecule has 1 heterocycles. The Kier molecular flexibility index (Phi) is 3.76. The first-order valence-corrected chi connectivity index (χ1v) is 7.55. The van der Waals surface area contributed by atoms with Crippen molar-refractivity contribution in [3.05, 3.63) is 77.5 Å². The topological polar surface area (TPSA) is 21.3 Å². The van der Waals surface area contributed by atoms with Crippen molar-refractivity contribution in [2.75, 3.05) is 0 Å². The first kappa shape index (κ1) is 14.5. The van der Waals surface area contributed by atoms with Gasteiger partial charge in [0.2, 0.25) is 0 Å². The van der Waals surface area contributed by atoms with Gasteiger partial charge in [0, 0.05) is 28.4 Å². The van der Waals surface area contributed by atoms with E-state index in [4.69, 9.17) is 4.74 Å². The lowest BCUT2D eigenvalue weighted by molar-refractivity contribution is 0.479. The van der Waals surface area contributed by atoms with Crippen molar-refractivity contribution in [2.24, 2.45) is 0 Å². The molecule has 0 aliphatic carbocycles. The molecular formula is C20H21NO. The highest BCUT2D eigenvalue weighted by Crippen LogP contribution is 2.30. The molecule has 0 atom stereocenters. The van der Waals surface area contributed by atoms with Crippen LogP contribution in [0.15, 0.2) is 66.4 Å². The molecule has 1 N–H and O–H groups in total. The van der Waals surface area contributed by atoms with Crippen LogP contribution in [0.5, 0.6) is 5.75 Å². The van der Waals surface area contributed by atoms with Crippen LogP contribution in [-0.4, -0.2) is 5.54 Å². The molecular weight excluding hydrogens is 270 g/mol. The Hall–Kier alpha value is -2.48. The number of para-hydroxylation sites is 1. The average molecular weight is 291 g/mol. The fraction of sp³-hybridized carbons (Fsp3) is 0.200. The minimum absolute atomic E-state index is 0.0105. The fourth-order valence-electron chi connectivity index (χ4n) is 2.44. The molecule has 0 bridgehead atoms. The Morgan fingerprint density at radius 1 is 0.818 bits per heavy atom. The van der Waals surface area contributed by atoms with Crippen LogP contribution in [0, 0.1) is 0 Å². The van der Waals surface area contributed by atoms with Crippen LogP contribution in [0.1, 0.15) is 31.9 Å². The van der Waals surface area contributed by atoms with E-state index in [0.29, 0.717) is 0 Å². The van der Waals surface area contributed by atoms with E-state index in [0.717, 1.165) is 28.3 Å². The van der Waals surface area contributed by atoms with E-state index < -0.39 is 0 Å². The van der Waals surface area contributed by atoms with Crippen LogP contribution in [0.3, 0.4) is 0 Å². The molecule has 2 aromatic rings. The van der Waals surface area contributed by atoms with Gasteiger partial charge in [0.25, 0.3) is 0 Å². The number of ether oxygens (including phenoxy) is 1. The normalized spacial score (nSPS) is 14.1. The lowest BCUT2D eigenvalue weighted by Crippen LogP contribution is -2.34. The number of rotatable bonds is 2. The zero-order chi connectivity index (χ0) is 15.6. The van der Waals surface area contributed by atoms with E-state index in [1.165, 1.54) is 0 Å². The summed E-state index contributed by atoms with van der Waals surface area (Å²) >= 11 is 0. The zero-order valence-corrected chi connectivity index (χ0v) is 13.3.